The minimum Gasteiger partial charge on any atom is -0.313 e. The molecule has 0 amide bonds. The van der Waals surface area contributed by atoms with Gasteiger partial charge in [0.1, 0.15) is 0 Å². The van der Waals surface area contributed by atoms with Crippen LogP contribution >= 0.6 is 50.5 Å². The molecule has 0 spiro atoms. The lowest BCUT2D eigenvalue weighted by Gasteiger charge is -2.17. The molecule has 96 valence electrons. The van der Waals surface area contributed by atoms with Crippen molar-refractivity contribution in [1.29, 1.82) is 0 Å². The van der Waals surface area contributed by atoms with Crippen molar-refractivity contribution in [2.45, 2.75) is 12.5 Å². The van der Waals surface area contributed by atoms with E-state index in [0.717, 1.165) is 16.5 Å². The second-order valence-electron chi connectivity index (χ2n) is 3.96. The number of benzene rings is 1. The van der Waals surface area contributed by atoms with Crippen molar-refractivity contribution in [3.63, 3.8) is 0 Å². The Morgan fingerprint density at radius 2 is 2.11 bits per heavy atom. The van der Waals surface area contributed by atoms with E-state index in [0.29, 0.717) is 10.0 Å². The molecule has 0 bridgehead atoms. The van der Waals surface area contributed by atoms with E-state index < -0.39 is 0 Å². The molecule has 1 nitrogen and oxygen atoms in total. The quantitative estimate of drug-likeness (QED) is 0.773. The predicted molar refractivity (Wildman–Crippen MR) is 84.0 cm³/mol. The Bertz CT molecular complexity index is 542. The third kappa shape index (κ3) is 3.28. The molecule has 18 heavy (non-hydrogen) atoms. The van der Waals surface area contributed by atoms with Crippen LogP contribution < -0.4 is 5.32 Å². The highest BCUT2D eigenvalue weighted by Gasteiger charge is 2.15. The Morgan fingerprint density at radius 3 is 2.67 bits per heavy atom. The molecular weight excluding hydrogens is 353 g/mol. The fourth-order valence-electron chi connectivity index (χ4n) is 1.81. The van der Waals surface area contributed by atoms with Gasteiger partial charge in [0.25, 0.3) is 0 Å². The molecule has 2 rings (SSSR count). The fraction of sp³-hybridized carbons (Fsp3) is 0.231. The molecule has 0 fully saturated rings. The van der Waals surface area contributed by atoms with E-state index in [4.69, 9.17) is 23.2 Å². The monoisotopic (exact) mass is 363 g/mol. The van der Waals surface area contributed by atoms with Crippen LogP contribution in [0.4, 0.5) is 0 Å². The maximum Gasteiger partial charge on any atom is 0.0453 e. The first-order valence-electron chi connectivity index (χ1n) is 5.44. The van der Waals surface area contributed by atoms with Gasteiger partial charge in [-0.25, -0.2) is 0 Å². The Morgan fingerprint density at radius 1 is 1.33 bits per heavy atom. The van der Waals surface area contributed by atoms with Crippen LogP contribution in [-0.4, -0.2) is 7.05 Å². The van der Waals surface area contributed by atoms with E-state index in [1.807, 2.05) is 19.2 Å². The lowest BCUT2D eigenvalue weighted by Crippen LogP contribution is -2.18. The van der Waals surface area contributed by atoms with Gasteiger partial charge in [-0.1, -0.05) is 29.3 Å². The fourth-order valence-corrected chi connectivity index (χ4v) is 3.93. The lowest BCUT2D eigenvalue weighted by atomic mass is 10.0. The summed E-state index contributed by atoms with van der Waals surface area (Å²) in [6, 6.07) is 5.88. The highest BCUT2D eigenvalue weighted by atomic mass is 79.9. The minimum atomic E-state index is 0.240. The summed E-state index contributed by atoms with van der Waals surface area (Å²) in [6.45, 7) is 0. The van der Waals surface area contributed by atoms with Crippen LogP contribution in [-0.2, 0) is 6.42 Å². The largest absolute Gasteiger partial charge is 0.313 e. The van der Waals surface area contributed by atoms with Crippen molar-refractivity contribution in [3.05, 3.63) is 54.6 Å². The number of halogens is 3. The lowest BCUT2D eigenvalue weighted by molar-refractivity contribution is 0.592. The number of hydrogen-bond donors (Lipinski definition) is 1. The van der Waals surface area contributed by atoms with Crippen LogP contribution in [0.2, 0.25) is 10.0 Å². The average molecular weight is 365 g/mol. The Kier molecular flexibility index (Phi) is 5.10. The van der Waals surface area contributed by atoms with Gasteiger partial charge >= 0.3 is 0 Å². The molecule has 0 aliphatic heterocycles. The second kappa shape index (κ2) is 6.40. The summed E-state index contributed by atoms with van der Waals surface area (Å²) in [4.78, 5) is 0. The SMILES string of the molecule is CNC(Cc1ccc(Cl)cc1Cl)c1cscc1Br. The highest BCUT2D eigenvalue weighted by molar-refractivity contribution is 9.10. The van der Waals surface area contributed by atoms with Gasteiger partial charge in [-0.2, -0.15) is 11.3 Å². The van der Waals surface area contributed by atoms with E-state index >= 15 is 0 Å². The van der Waals surface area contributed by atoms with Gasteiger partial charge in [-0.15, -0.1) is 0 Å². The minimum absolute atomic E-state index is 0.240. The van der Waals surface area contributed by atoms with Gasteiger partial charge in [0, 0.05) is 25.9 Å². The molecule has 5 heteroatoms. The zero-order chi connectivity index (χ0) is 13.1. The molecule has 0 saturated carbocycles. The van der Waals surface area contributed by atoms with Gasteiger partial charge in [-0.05, 0) is 58.0 Å². The molecule has 2 aromatic rings. The number of thiophene rings is 1. The first kappa shape index (κ1) is 14.4. The third-order valence-corrected chi connectivity index (χ3v) is 5.14. The number of likely N-dealkylation sites (N-methyl/N-ethyl adjacent to an activating group) is 1. The summed E-state index contributed by atoms with van der Waals surface area (Å²) in [6.07, 6.45) is 0.835. The van der Waals surface area contributed by atoms with Crippen LogP contribution in [0.15, 0.2) is 33.4 Å². The summed E-state index contributed by atoms with van der Waals surface area (Å²) in [5.74, 6) is 0. The Balaban J connectivity index is 2.23. The number of hydrogen-bond acceptors (Lipinski definition) is 2. The first-order valence-corrected chi connectivity index (χ1v) is 7.93. The maximum absolute atomic E-state index is 6.21. The second-order valence-corrected chi connectivity index (χ2v) is 6.40. The molecule has 1 aromatic heterocycles. The Hall–Kier alpha value is -0.0600. The molecule has 0 aliphatic carbocycles. The summed E-state index contributed by atoms with van der Waals surface area (Å²) in [5.41, 5.74) is 2.35. The summed E-state index contributed by atoms with van der Waals surface area (Å²) < 4.78 is 1.14. The Labute approximate surface area is 129 Å². The molecule has 1 unspecified atom stereocenters. The van der Waals surface area contributed by atoms with Gasteiger partial charge in [-0.3, -0.25) is 0 Å². The molecule has 0 aliphatic rings. The predicted octanol–water partition coefficient (Wildman–Crippen LogP) is 5.32. The third-order valence-electron chi connectivity index (χ3n) is 2.81. The highest BCUT2D eigenvalue weighted by Crippen LogP contribution is 2.31. The van der Waals surface area contributed by atoms with Gasteiger partial charge in [0.2, 0.25) is 0 Å². The summed E-state index contributed by atoms with van der Waals surface area (Å²) in [7, 11) is 1.96. The standard InChI is InChI=1S/C13H12BrCl2NS/c1-17-13(10-6-18-7-11(10)14)4-8-2-3-9(15)5-12(8)16/h2-3,5-7,13,17H,4H2,1H3. The van der Waals surface area contributed by atoms with Crippen molar-refractivity contribution < 1.29 is 0 Å². The molecule has 1 heterocycles. The topological polar surface area (TPSA) is 12.0 Å². The normalized spacial score (nSPS) is 12.7. The van der Waals surface area contributed by atoms with E-state index in [1.54, 1.807) is 17.4 Å². The first-order chi connectivity index (χ1) is 8.61. The molecular formula is C13H12BrCl2NS. The van der Waals surface area contributed by atoms with Crippen molar-refractivity contribution >= 4 is 50.5 Å². The zero-order valence-electron chi connectivity index (χ0n) is 9.71. The number of nitrogens with one attached hydrogen (secondary N) is 1. The molecule has 1 N–H and O–H groups in total. The van der Waals surface area contributed by atoms with Crippen LogP contribution in [0.3, 0.4) is 0 Å². The van der Waals surface area contributed by atoms with E-state index in [-0.39, 0.29) is 6.04 Å². The van der Waals surface area contributed by atoms with Gasteiger partial charge in [0.15, 0.2) is 0 Å². The van der Waals surface area contributed by atoms with Crippen molar-refractivity contribution in [1.82, 2.24) is 5.32 Å². The van der Waals surface area contributed by atoms with Crippen molar-refractivity contribution in [3.8, 4) is 0 Å². The summed E-state index contributed by atoms with van der Waals surface area (Å²) in [5, 5.41) is 8.94. The van der Waals surface area contributed by atoms with E-state index in [2.05, 4.69) is 32.0 Å². The summed E-state index contributed by atoms with van der Waals surface area (Å²) >= 11 is 17.4. The van der Waals surface area contributed by atoms with Gasteiger partial charge < -0.3 is 5.32 Å². The van der Waals surface area contributed by atoms with Crippen LogP contribution in [0, 0.1) is 0 Å². The smallest absolute Gasteiger partial charge is 0.0453 e. The maximum atomic E-state index is 6.21. The molecule has 1 atom stereocenters. The van der Waals surface area contributed by atoms with Crippen LogP contribution in [0.5, 0.6) is 0 Å². The molecule has 0 saturated heterocycles. The van der Waals surface area contributed by atoms with Gasteiger partial charge in [0.05, 0.1) is 0 Å². The molecule has 0 radical (unpaired) electrons. The average Bonchev–Trinajstić information content (AvgIpc) is 2.75. The van der Waals surface area contributed by atoms with E-state index in [1.165, 1.54) is 5.56 Å². The molecule has 1 aromatic carbocycles. The van der Waals surface area contributed by atoms with Crippen molar-refractivity contribution in [2.75, 3.05) is 7.05 Å². The zero-order valence-corrected chi connectivity index (χ0v) is 13.6. The van der Waals surface area contributed by atoms with Crippen molar-refractivity contribution in [2.24, 2.45) is 0 Å². The van der Waals surface area contributed by atoms with Crippen LogP contribution in [0.1, 0.15) is 17.2 Å². The van der Waals surface area contributed by atoms with Crippen LogP contribution in [0.25, 0.3) is 0 Å². The number of rotatable bonds is 4. The van der Waals surface area contributed by atoms with E-state index in [9.17, 15) is 0 Å².